The fourth-order valence-electron chi connectivity index (χ4n) is 1.24. The number of ether oxygens (including phenoxy) is 1. The van der Waals surface area contributed by atoms with Crippen LogP contribution in [-0.4, -0.2) is 59.8 Å². The molecule has 0 unspecified atom stereocenters. The third kappa shape index (κ3) is 7.96. The van der Waals surface area contributed by atoms with Gasteiger partial charge in [-0.3, -0.25) is 4.79 Å². The van der Waals surface area contributed by atoms with Crippen LogP contribution in [0.3, 0.4) is 0 Å². The van der Waals surface area contributed by atoms with Gasteiger partial charge in [-0.25, -0.2) is 0 Å². The topological polar surface area (TPSA) is 49.8 Å². The van der Waals surface area contributed by atoms with Gasteiger partial charge in [-0.1, -0.05) is 0 Å². The molecule has 16 heavy (non-hydrogen) atoms. The third-order valence-electron chi connectivity index (χ3n) is 1.97. The van der Waals surface area contributed by atoms with Gasteiger partial charge in [0.15, 0.2) is 0 Å². The number of carbonyl (C=O) groups is 1. The predicted octanol–water partition coefficient (Wildman–Crippen LogP) is 0.985. The van der Waals surface area contributed by atoms with Crippen molar-refractivity contribution in [1.82, 2.24) is 4.90 Å². The lowest BCUT2D eigenvalue weighted by atomic mass is 10.1. The maximum Gasteiger partial charge on any atom is 0.232 e. The summed E-state index contributed by atoms with van der Waals surface area (Å²) in [7, 11) is 1.65. The van der Waals surface area contributed by atoms with E-state index >= 15 is 0 Å². The van der Waals surface area contributed by atoms with E-state index in [0.717, 1.165) is 5.75 Å². The molecule has 0 saturated heterocycles. The molecule has 0 bridgehead atoms. The van der Waals surface area contributed by atoms with E-state index in [-0.39, 0.29) is 5.91 Å². The van der Waals surface area contributed by atoms with E-state index in [1.807, 2.05) is 6.92 Å². The minimum absolute atomic E-state index is 0.0747. The Bertz CT molecular complexity index is 204. The van der Waals surface area contributed by atoms with Crippen LogP contribution in [0.4, 0.5) is 0 Å². The predicted molar refractivity (Wildman–Crippen MR) is 67.8 cm³/mol. The second kappa shape index (κ2) is 7.92. The van der Waals surface area contributed by atoms with E-state index in [1.165, 1.54) is 0 Å². The molecule has 0 rings (SSSR count). The van der Waals surface area contributed by atoms with E-state index in [9.17, 15) is 9.90 Å². The zero-order valence-electron chi connectivity index (χ0n) is 10.7. The Hall–Kier alpha value is -0.260. The Kier molecular flexibility index (Phi) is 7.80. The number of likely N-dealkylation sites (N-methyl/N-ethyl adjacent to an activating group) is 1. The van der Waals surface area contributed by atoms with Crippen molar-refractivity contribution in [3.63, 3.8) is 0 Å². The first kappa shape index (κ1) is 15.7. The largest absolute Gasteiger partial charge is 0.389 e. The summed E-state index contributed by atoms with van der Waals surface area (Å²) in [5, 5.41) is 9.66. The fraction of sp³-hybridized carbons (Fsp3) is 0.909. The van der Waals surface area contributed by atoms with Gasteiger partial charge < -0.3 is 14.7 Å². The Balaban J connectivity index is 3.92. The lowest BCUT2D eigenvalue weighted by molar-refractivity contribution is -0.131. The van der Waals surface area contributed by atoms with Crippen LogP contribution in [-0.2, 0) is 9.53 Å². The molecule has 0 aromatic carbocycles. The van der Waals surface area contributed by atoms with Crippen molar-refractivity contribution in [2.45, 2.75) is 26.4 Å². The van der Waals surface area contributed by atoms with Crippen LogP contribution in [0.25, 0.3) is 0 Å². The molecule has 4 nitrogen and oxygen atoms in total. The Morgan fingerprint density at radius 3 is 2.56 bits per heavy atom. The second-order valence-corrected chi connectivity index (χ2v) is 5.37. The first-order valence-electron chi connectivity index (χ1n) is 5.47. The molecule has 0 atom stereocenters. The number of methoxy groups -OCH3 is 1. The molecule has 0 fully saturated rings. The van der Waals surface area contributed by atoms with Gasteiger partial charge in [-0.05, 0) is 20.8 Å². The minimum Gasteiger partial charge on any atom is -0.389 e. The number of hydrogen-bond donors (Lipinski definition) is 1. The van der Waals surface area contributed by atoms with Crippen LogP contribution >= 0.6 is 11.8 Å². The summed E-state index contributed by atoms with van der Waals surface area (Å²) >= 11 is 1.56. The summed E-state index contributed by atoms with van der Waals surface area (Å²) < 4.78 is 4.91. The number of hydrogen-bond acceptors (Lipinski definition) is 4. The lowest BCUT2D eigenvalue weighted by Gasteiger charge is -2.28. The van der Waals surface area contributed by atoms with Gasteiger partial charge in [-0.2, -0.15) is 0 Å². The third-order valence-corrected chi connectivity index (χ3v) is 2.88. The van der Waals surface area contributed by atoms with Crippen molar-refractivity contribution in [3.8, 4) is 0 Å². The molecule has 96 valence electrons. The standard InChI is InChI=1S/C11H23NO3S/c1-5-12(9-11(2,3)14)10(13)8-16-7-6-15-4/h14H,5-9H2,1-4H3. The smallest absolute Gasteiger partial charge is 0.232 e. The van der Waals surface area contributed by atoms with Crippen LogP contribution in [0.1, 0.15) is 20.8 Å². The quantitative estimate of drug-likeness (QED) is 0.652. The lowest BCUT2D eigenvalue weighted by Crippen LogP contribution is -2.42. The highest BCUT2D eigenvalue weighted by atomic mass is 32.2. The van der Waals surface area contributed by atoms with Gasteiger partial charge in [0.2, 0.25) is 5.91 Å². The average Bonchev–Trinajstić information content (AvgIpc) is 2.19. The van der Waals surface area contributed by atoms with Crippen LogP contribution in [0, 0.1) is 0 Å². The first-order chi connectivity index (χ1) is 7.40. The number of nitrogens with zero attached hydrogens (tertiary/aromatic N) is 1. The van der Waals surface area contributed by atoms with Crippen molar-refractivity contribution in [2.75, 3.05) is 38.3 Å². The molecule has 0 spiro atoms. The van der Waals surface area contributed by atoms with E-state index in [1.54, 1.807) is 37.6 Å². The molecule has 0 aromatic rings. The summed E-state index contributed by atoms with van der Waals surface area (Å²) in [6.07, 6.45) is 0. The number of carbonyl (C=O) groups excluding carboxylic acids is 1. The zero-order valence-corrected chi connectivity index (χ0v) is 11.5. The van der Waals surface area contributed by atoms with E-state index in [2.05, 4.69) is 0 Å². The molecule has 0 aliphatic carbocycles. The highest BCUT2D eigenvalue weighted by molar-refractivity contribution is 7.99. The summed E-state index contributed by atoms with van der Waals surface area (Å²) in [5.74, 6) is 1.35. The van der Waals surface area contributed by atoms with Crippen LogP contribution < -0.4 is 0 Å². The zero-order chi connectivity index (χ0) is 12.6. The Morgan fingerprint density at radius 2 is 2.12 bits per heavy atom. The monoisotopic (exact) mass is 249 g/mol. The summed E-state index contributed by atoms with van der Waals surface area (Å²) in [5.41, 5.74) is -0.830. The second-order valence-electron chi connectivity index (χ2n) is 4.27. The van der Waals surface area contributed by atoms with Crippen molar-refractivity contribution in [3.05, 3.63) is 0 Å². The van der Waals surface area contributed by atoms with E-state index < -0.39 is 5.60 Å². The van der Waals surface area contributed by atoms with Gasteiger partial charge in [-0.15, -0.1) is 11.8 Å². The minimum atomic E-state index is -0.830. The summed E-state index contributed by atoms with van der Waals surface area (Å²) in [6.45, 7) is 7.02. The van der Waals surface area contributed by atoms with Gasteiger partial charge in [0.1, 0.15) is 0 Å². The Labute approximate surface area is 102 Å². The fourth-order valence-corrected chi connectivity index (χ4v) is 2.02. The maximum absolute atomic E-state index is 11.8. The van der Waals surface area contributed by atoms with E-state index in [4.69, 9.17) is 4.74 Å². The SMILES string of the molecule is CCN(CC(C)(C)O)C(=O)CSCCOC. The van der Waals surface area contributed by atoms with Crippen molar-refractivity contribution < 1.29 is 14.6 Å². The summed E-state index contributed by atoms with van der Waals surface area (Å²) in [6, 6.07) is 0. The van der Waals surface area contributed by atoms with Crippen molar-refractivity contribution in [1.29, 1.82) is 0 Å². The normalized spacial score (nSPS) is 11.6. The van der Waals surface area contributed by atoms with E-state index in [0.29, 0.717) is 25.4 Å². The van der Waals surface area contributed by atoms with Crippen LogP contribution in [0.5, 0.6) is 0 Å². The highest BCUT2D eigenvalue weighted by Crippen LogP contribution is 2.08. The molecule has 1 amide bonds. The maximum atomic E-state index is 11.8. The molecular weight excluding hydrogens is 226 g/mol. The number of aliphatic hydroxyl groups is 1. The molecule has 1 N–H and O–H groups in total. The molecular formula is C11H23NO3S. The molecule has 0 radical (unpaired) electrons. The van der Waals surface area contributed by atoms with Crippen LogP contribution in [0.2, 0.25) is 0 Å². The van der Waals surface area contributed by atoms with Gasteiger partial charge in [0, 0.05) is 26.0 Å². The van der Waals surface area contributed by atoms with Crippen molar-refractivity contribution >= 4 is 17.7 Å². The van der Waals surface area contributed by atoms with Gasteiger partial charge in [0.25, 0.3) is 0 Å². The average molecular weight is 249 g/mol. The number of rotatable bonds is 8. The first-order valence-corrected chi connectivity index (χ1v) is 6.63. The van der Waals surface area contributed by atoms with Crippen LogP contribution in [0.15, 0.2) is 0 Å². The highest BCUT2D eigenvalue weighted by Gasteiger charge is 2.20. The summed E-state index contributed by atoms with van der Waals surface area (Å²) in [4.78, 5) is 13.4. The number of thioether (sulfide) groups is 1. The van der Waals surface area contributed by atoms with Crippen molar-refractivity contribution in [2.24, 2.45) is 0 Å². The molecule has 5 heteroatoms. The van der Waals surface area contributed by atoms with Gasteiger partial charge in [0.05, 0.1) is 18.0 Å². The molecule has 0 saturated carbocycles. The molecule has 0 aliphatic heterocycles. The Morgan fingerprint density at radius 1 is 1.50 bits per heavy atom. The molecule has 0 heterocycles. The molecule has 0 aromatic heterocycles. The molecule has 0 aliphatic rings. The van der Waals surface area contributed by atoms with Gasteiger partial charge >= 0.3 is 0 Å². The number of amides is 1.